The summed E-state index contributed by atoms with van der Waals surface area (Å²) in [7, 11) is 1.70. The average molecular weight is 256 g/mol. The zero-order valence-corrected chi connectivity index (χ0v) is 10.3. The molecule has 0 bridgehead atoms. The minimum absolute atomic E-state index is 0.123. The molecule has 6 heteroatoms. The number of aromatic nitrogens is 3. The van der Waals surface area contributed by atoms with E-state index < -0.39 is 0 Å². The number of para-hydroxylation sites is 1. The molecule has 6 nitrogen and oxygen atoms in total. The van der Waals surface area contributed by atoms with Gasteiger partial charge in [0, 0.05) is 25.0 Å². The van der Waals surface area contributed by atoms with Crippen LogP contribution in [0, 0.1) is 0 Å². The van der Waals surface area contributed by atoms with Gasteiger partial charge in [0.25, 0.3) is 0 Å². The Morgan fingerprint density at radius 2 is 2.00 bits per heavy atom. The first-order valence-electron chi connectivity index (χ1n) is 5.72. The van der Waals surface area contributed by atoms with Gasteiger partial charge in [-0.3, -0.25) is 4.57 Å². The number of rotatable bonds is 2. The normalized spacial score (nSPS) is 10.8. The maximum Gasteiger partial charge on any atom is 0.332 e. The Morgan fingerprint density at radius 3 is 2.63 bits per heavy atom. The first-order chi connectivity index (χ1) is 9.18. The van der Waals surface area contributed by atoms with E-state index in [1.807, 2.05) is 24.3 Å². The van der Waals surface area contributed by atoms with Crippen molar-refractivity contribution in [3.05, 3.63) is 53.3 Å². The number of imidazole rings is 1. The largest absolute Gasteiger partial charge is 0.367 e. The third-order valence-electron chi connectivity index (χ3n) is 3.00. The summed E-state index contributed by atoms with van der Waals surface area (Å²) in [6.07, 6.45) is 4.96. The first-order valence-corrected chi connectivity index (χ1v) is 5.72. The number of benzene rings is 1. The van der Waals surface area contributed by atoms with Crippen LogP contribution in [0.1, 0.15) is 0 Å². The van der Waals surface area contributed by atoms with Gasteiger partial charge in [-0.2, -0.15) is 0 Å². The third-order valence-corrected chi connectivity index (χ3v) is 3.00. The maximum absolute atomic E-state index is 12.0. The molecule has 0 saturated heterocycles. The van der Waals surface area contributed by atoms with E-state index in [1.165, 1.54) is 4.57 Å². The predicted molar refractivity (Wildman–Crippen MR) is 70.9 cm³/mol. The molecule has 0 fully saturated rings. The van der Waals surface area contributed by atoms with Crippen molar-refractivity contribution in [2.75, 3.05) is 5.73 Å². The molecule has 0 spiro atoms. The summed E-state index contributed by atoms with van der Waals surface area (Å²) in [5.74, 6) is 0.233. The molecule has 2 aromatic heterocycles. The van der Waals surface area contributed by atoms with E-state index in [0.29, 0.717) is 5.56 Å². The van der Waals surface area contributed by atoms with Crippen LogP contribution < -0.4 is 11.4 Å². The summed E-state index contributed by atoms with van der Waals surface area (Å²) in [4.78, 5) is 12.0. The van der Waals surface area contributed by atoms with E-state index in [0.717, 1.165) is 11.3 Å². The van der Waals surface area contributed by atoms with E-state index in [2.05, 4.69) is 5.16 Å². The molecule has 0 saturated carbocycles. The van der Waals surface area contributed by atoms with Gasteiger partial charge in [0.2, 0.25) is 5.88 Å². The van der Waals surface area contributed by atoms with E-state index >= 15 is 0 Å². The molecule has 0 aliphatic rings. The van der Waals surface area contributed by atoms with Crippen molar-refractivity contribution in [1.82, 2.24) is 14.3 Å². The minimum Gasteiger partial charge on any atom is -0.367 e. The van der Waals surface area contributed by atoms with Crippen LogP contribution in [0.15, 0.2) is 52.2 Å². The first kappa shape index (κ1) is 11.3. The van der Waals surface area contributed by atoms with Gasteiger partial charge in [0.05, 0.1) is 17.4 Å². The van der Waals surface area contributed by atoms with Crippen LogP contribution in [-0.2, 0) is 7.05 Å². The average Bonchev–Trinajstić information content (AvgIpc) is 2.98. The Morgan fingerprint density at radius 1 is 1.21 bits per heavy atom. The van der Waals surface area contributed by atoms with Crippen molar-refractivity contribution in [2.24, 2.45) is 7.05 Å². The fourth-order valence-electron chi connectivity index (χ4n) is 2.01. The summed E-state index contributed by atoms with van der Waals surface area (Å²) in [6.45, 7) is 0. The second-order valence-electron chi connectivity index (χ2n) is 4.18. The number of nitrogens with two attached hydrogens (primary N) is 1. The summed E-state index contributed by atoms with van der Waals surface area (Å²) >= 11 is 0. The molecule has 0 atom stereocenters. The van der Waals surface area contributed by atoms with Crippen molar-refractivity contribution in [3.63, 3.8) is 0 Å². The third kappa shape index (κ3) is 1.74. The molecule has 3 aromatic rings. The second-order valence-corrected chi connectivity index (χ2v) is 4.18. The summed E-state index contributed by atoms with van der Waals surface area (Å²) in [5.41, 5.74) is 7.83. The fraction of sp³-hybridized carbons (Fsp3) is 0.0769. The molecule has 2 N–H and O–H groups in total. The Bertz CT molecular complexity index is 782. The lowest BCUT2D eigenvalue weighted by Gasteiger charge is -2.07. The number of hydrogen-bond donors (Lipinski definition) is 1. The van der Waals surface area contributed by atoms with Gasteiger partial charge in [-0.1, -0.05) is 23.4 Å². The van der Waals surface area contributed by atoms with Gasteiger partial charge < -0.3 is 14.8 Å². The van der Waals surface area contributed by atoms with Crippen molar-refractivity contribution in [2.45, 2.75) is 0 Å². The molecule has 19 heavy (non-hydrogen) atoms. The Hall–Kier alpha value is -2.76. The molecule has 0 amide bonds. The molecule has 0 aliphatic carbocycles. The Balaban J connectivity index is 2.27. The van der Waals surface area contributed by atoms with E-state index in [4.69, 9.17) is 10.3 Å². The molecular weight excluding hydrogens is 244 g/mol. The van der Waals surface area contributed by atoms with Crippen LogP contribution in [0.2, 0.25) is 0 Å². The highest BCUT2D eigenvalue weighted by molar-refractivity contribution is 5.78. The number of nitrogen functional groups attached to an aromatic ring is 1. The minimum atomic E-state index is -0.123. The monoisotopic (exact) mass is 256 g/mol. The van der Waals surface area contributed by atoms with Crippen LogP contribution in [0.25, 0.3) is 16.8 Å². The van der Waals surface area contributed by atoms with Crippen molar-refractivity contribution in [3.8, 4) is 16.8 Å². The molecular formula is C13H12N4O2. The zero-order valence-electron chi connectivity index (χ0n) is 10.3. The van der Waals surface area contributed by atoms with Gasteiger partial charge in [-0.25, -0.2) is 4.79 Å². The van der Waals surface area contributed by atoms with E-state index in [9.17, 15) is 4.79 Å². The van der Waals surface area contributed by atoms with Crippen molar-refractivity contribution in [1.29, 1.82) is 0 Å². The fourth-order valence-corrected chi connectivity index (χ4v) is 2.01. The van der Waals surface area contributed by atoms with Crippen LogP contribution >= 0.6 is 0 Å². The molecule has 96 valence electrons. The summed E-state index contributed by atoms with van der Waals surface area (Å²) < 4.78 is 7.95. The topological polar surface area (TPSA) is 79.0 Å². The van der Waals surface area contributed by atoms with Gasteiger partial charge in [0.15, 0.2) is 0 Å². The molecule has 0 unspecified atom stereocenters. The highest BCUT2D eigenvalue weighted by atomic mass is 16.5. The van der Waals surface area contributed by atoms with Gasteiger partial charge >= 0.3 is 5.69 Å². The Kier molecular flexibility index (Phi) is 2.49. The Labute approximate surface area is 108 Å². The van der Waals surface area contributed by atoms with Crippen LogP contribution in [0.5, 0.6) is 0 Å². The lowest BCUT2D eigenvalue weighted by molar-refractivity contribution is 0.436. The molecule has 0 aliphatic heterocycles. The summed E-state index contributed by atoms with van der Waals surface area (Å²) in [5, 5.41) is 3.67. The zero-order chi connectivity index (χ0) is 13.4. The summed E-state index contributed by atoms with van der Waals surface area (Å²) in [6, 6.07) is 7.46. The standard InChI is InChI=1S/C13H12N4O2/c1-16-6-7-17(13(16)18)11-5-3-2-4-9(11)10-8-15-19-12(10)14/h2-8H,14H2,1H3. The molecule has 2 heterocycles. The number of aryl methyl sites for hydroxylation is 1. The van der Waals surface area contributed by atoms with E-state index in [1.54, 1.807) is 30.2 Å². The smallest absolute Gasteiger partial charge is 0.332 e. The maximum atomic E-state index is 12.0. The predicted octanol–water partition coefficient (Wildman–Crippen LogP) is 1.41. The molecule has 0 radical (unpaired) electrons. The SMILES string of the molecule is Cn1ccn(-c2ccccc2-c2cnoc2N)c1=O. The second kappa shape index (κ2) is 4.16. The molecule has 3 rings (SSSR count). The quantitative estimate of drug-likeness (QED) is 0.752. The van der Waals surface area contributed by atoms with Crippen molar-refractivity contribution < 1.29 is 4.52 Å². The number of nitrogens with zero attached hydrogens (tertiary/aromatic N) is 3. The van der Waals surface area contributed by atoms with Crippen LogP contribution in [0.4, 0.5) is 5.88 Å². The van der Waals surface area contributed by atoms with Crippen molar-refractivity contribution >= 4 is 5.88 Å². The highest BCUT2D eigenvalue weighted by Crippen LogP contribution is 2.30. The highest BCUT2D eigenvalue weighted by Gasteiger charge is 2.14. The van der Waals surface area contributed by atoms with Crippen LogP contribution in [0.3, 0.4) is 0 Å². The number of anilines is 1. The lowest BCUT2D eigenvalue weighted by Crippen LogP contribution is -2.20. The number of hydrogen-bond acceptors (Lipinski definition) is 4. The van der Waals surface area contributed by atoms with Gasteiger partial charge in [0.1, 0.15) is 0 Å². The van der Waals surface area contributed by atoms with Gasteiger partial charge in [-0.15, -0.1) is 0 Å². The molecule has 1 aromatic carbocycles. The van der Waals surface area contributed by atoms with Gasteiger partial charge in [-0.05, 0) is 6.07 Å². The lowest BCUT2D eigenvalue weighted by atomic mass is 10.1. The van der Waals surface area contributed by atoms with E-state index in [-0.39, 0.29) is 11.6 Å². The van der Waals surface area contributed by atoms with Crippen LogP contribution in [-0.4, -0.2) is 14.3 Å².